The zero-order valence-electron chi connectivity index (χ0n) is 6.72. The number of nitrogens with zero attached hydrogens (tertiary/aromatic N) is 1. The van der Waals surface area contributed by atoms with Gasteiger partial charge in [-0.05, 0) is 20.9 Å². The van der Waals surface area contributed by atoms with Crippen LogP contribution in [0.1, 0.15) is 13.8 Å². The molecule has 0 aromatic rings. The van der Waals surface area contributed by atoms with Gasteiger partial charge in [0.15, 0.2) is 0 Å². The molecule has 58 valence electrons. The van der Waals surface area contributed by atoms with E-state index in [2.05, 4.69) is 5.32 Å². The Labute approximate surface area is 62.0 Å². The summed E-state index contributed by atoms with van der Waals surface area (Å²) in [5.74, 6) is 0. The maximum Gasteiger partial charge on any atom is 0.141 e. The number of hydrogen-bond donors (Lipinski definition) is 1. The van der Waals surface area contributed by atoms with Crippen molar-refractivity contribution in [3.8, 4) is 6.07 Å². The van der Waals surface area contributed by atoms with E-state index >= 15 is 0 Å². The Morgan fingerprint density at radius 3 is 2.60 bits per heavy atom. The summed E-state index contributed by atoms with van der Waals surface area (Å²) in [6.07, 6.45) is -0.192. The molecule has 0 amide bonds. The third-order valence-electron chi connectivity index (χ3n) is 1.11. The van der Waals surface area contributed by atoms with E-state index in [9.17, 15) is 0 Å². The van der Waals surface area contributed by atoms with Gasteiger partial charge in [0.2, 0.25) is 0 Å². The first kappa shape index (κ1) is 9.41. The summed E-state index contributed by atoms with van der Waals surface area (Å²) < 4.78 is 5.22. The van der Waals surface area contributed by atoms with E-state index in [0.29, 0.717) is 0 Å². The van der Waals surface area contributed by atoms with Gasteiger partial charge in [0.1, 0.15) is 6.10 Å². The van der Waals surface area contributed by atoms with Crippen LogP contribution < -0.4 is 5.32 Å². The van der Waals surface area contributed by atoms with Gasteiger partial charge in [-0.3, -0.25) is 0 Å². The van der Waals surface area contributed by atoms with E-state index < -0.39 is 0 Å². The Balaban J connectivity index is 3.39. The van der Waals surface area contributed by atoms with E-state index in [1.165, 1.54) is 0 Å². The van der Waals surface area contributed by atoms with Crippen LogP contribution in [0.25, 0.3) is 0 Å². The zero-order chi connectivity index (χ0) is 7.98. The molecule has 0 bridgehead atoms. The van der Waals surface area contributed by atoms with Crippen LogP contribution in [0.5, 0.6) is 0 Å². The van der Waals surface area contributed by atoms with Crippen molar-refractivity contribution in [2.45, 2.75) is 26.1 Å². The smallest absolute Gasteiger partial charge is 0.141 e. The molecule has 0 aromatic heterocycles. The highest BCUT2D eigenvalue weighted by molar-refractivity contribution is 4.80. The Kier molecular flexibility index (Phi) is 4.91. The fourth-order valence-electron chi connectivity index (χ4n) is 0.714. The fraction of sp³-hybridized carbons (Fsp3) is 0.857. The van der Waals surface area contributed by atoms with Gasteiger partial charge >= 0.3 is 0 Å². The van der Waals surface area contributed by atoms with Gasteiger partial charge < -0.3 is 10.1 Å². The first-order valence-electron chi connectivity index (χ1n) is 3.40. The standard InChI is InChI=1S/C7H14N2O/c1-6(4-8)10-7(2)5-9-3/h6-7,9H,5H2,1-3H3. The maximum atomic E-state index is 8.36. The normalized spacial score (nSPS) is 15.8. The zero-order valence-corrected chi connectivity index (χ0v) is 6.72. The highest BCUT2D eigenvalue weighted by Gasteiger charge is 2.04. The molecule has 0 aromatic carbocycles. The SMILES string of the molecule is CNCC(C)OC(C)C#N. The van der Waals surface area contributed by atoms with Crippen molar-refractivity contribution >= 4 is 0 Å². The van der Waals surface area contributed by atoms with Crippen molar-refractivity contribution in [3.05, 3.63) is 0 Å². The topological polar surface area (TPSA) is 45.0 Å². The molecule has 2 atom stereocenters. The quantitative estimate of drug-likeness (QED) is 0.622. The number of likely N-dealkylation sites (N-methyl/N-ethyl adjacent to an activating group) is 1. The summed E-state index contributed by atoms with van der Waals surface area (Å²) in [4.78, 5) is 0. The Hall–Kier alpha value is -0.590. The number of rotatable bonds is 4. The van der Waals surface area contributed by atoms with Crippen LogP contribution in [0.4, 0.5) is 0 Å². The van der Waals surface area contributed by atoms with Crippen molar-refractivity contribution in [1.82, 2.24) is 5.32 Å². The van der Waals surface area contributed by atoms with Crippen molar-refractivity contribution in [1.29, 1.82) is 5.26 Å². The van der Waals surface area contributed by atoms with Crippen molar-refractivity contribution in [2.75, 3.05) is 13.6 Å². The Morgan fingerprint density at radius 1 is 1.60 bits per heavy atom. The Morgan fingerprint density at radius 2 is 2.20 bits per heavy atom. The summed E-state index contributed by atoms with van der Waals surface area (Å²) >= 11 is 0. The number of ether oxygens (including phenoxy) is 1. The molecule has 0 heterocycles. The molecule has 0 saturated carbocycles. The van der Waals surface area contributed by atoms with E-state index in [0.717, 1.165) is 6.54 Å². The summed E-state index contributed by atoms with van der Waals surface area (Å²) in [6.45, 7) is 4.46. The molecule has 0 rings (SSSR count). The average molecular weight is 142 g/mol. The second-order valence-electron chi connectivity index (χ2n) is 2.28. The van der Waals surface area contributed by atoms with Crippen molar-refractivity contribution in [3.63, 3.8) is 0 Å². The molecule has 1 N–H and O–H groups in total. The van der Waals surface area contributed by atoms with Crippen LogP contribution in [-0.4, -0.2) is 25.8 Å². The van der Waals surface area contributed by atoms with Crippen LogP contribution in [0, 0.1) is 11.3 Å². The number of nitrogens with one attached hydrogen (secondary N) is 1. The van der Waals surface area contributed by atoms with E-state index in [-0.39, 0.29) is 12.2 Å². The van der Waals surface area contributed by atoms with Crippen LogP contribution in [0.15, 0.2) is 0 Å². The minimum atomic E-state index is -0.302. The lowest BCUT2D eigenvalue weighted by atomic mass is 10.4. The van der Waals surface area contributed by atoms with Gasteiger partial charge in [-0.2, -0.15) is 5.26 Å². The average Bonchev–Trinajstić information content (AvgIpc) is 1.88. The predicted octanol–water partition coefficient (Wildman–Crippen LogP) is 0.523. The molecule has 0 saturated heterocycles. The van der Waals surface area contributed by atoms with Gasteiger partial charge in [0.25, 0.3) is 0 Å². The molecular weight excluding hydrogens is 128 g/mol. The summed E-state index contributed by atoms with van der Waals surface area (Å²) in [5.41, 5.74) is 0. The van der Waals surface area contributed by atoms with Gasteiger partial charge in [-0.1, -0.05) is 0 Å². The largest absolute Gasteiger partial charge is 0.359 e. The van der Waals surface area contributed by atoms with Gasteiger partial charge in [0, 0.05) is 6.54 Å². The number of hydrogen-bond acceptors (Lipinski definition) is 3. The first-order valence-corrected chi connectivity index (χ1v) is 3.40. The van der Waals surface area contributed by atoms with Crippen molar-refractivity contribution < 1.29 is 4.74 Å². The van der Waals surface area contributed by atoms with E-state index in [4.69, 9.17) is 10.00 Å². The number of nitriles is 1. The second-order valence-corrected chi connectivity index (χ2v) is 2.28. The summed E-state index contributed by atoms with van der Waals surface area (Å²) in [6, 6.07) is 2.00. The molecule has 0 aliphatic heterocycles. The molecule has 3 heteroatoms. The first-order chi connectivity index (χ1) is 4.70. The lowest BCUT2D eigenvalue weighted by Gasteiger charge is -2.12. The molecule has 0 spiro atoms. The van der Waals surface area contributed by atoms with Crippen LogP contribution >= 0.6 is 0 Å². The molecular formula is C7H14N2O. The Bertz CT molecular complexity index is 119. The third-order valence-corrected chi connectivity index (χ3v) is 1.11. The van der Waals surface area contributed by atoms with Crippen molar-refractivity contribution in [2.24, 2.45) is 0 Å². The van der Waals surface area contributed by atoms with Crippen LogP contribution in [0.2, 0.25) is 0 Å². The molecule has 0 aliphatic carbocycles. The monoisotopic (exact) mass is 142 g/mol. The maximum absolute atomic E-state index is 8.36. The lowest BCUT2D eigenvalue weighted by molar-refractivity contribution is 0.0398. The molecule has 0 fully saturated rings. The minimum Gasteiger partial charge on any atom is -0.359 e. The lowest BCUT2D eigenvalue weighted by Crippen LogP contribution is -2.26. The molecule has 0 aliphatic rings. The summed E-state index contributed by atoms with van der Waals surface area (Å²) in [7, 11) is 1.86. The molecule has 10 heavy (non-hydrogen) atoms. The van der Waals surface area contributed by atoms with E-state index in [1.807, 2.05) is 20.0 Å². The van der Waals surface area contributed by atoms with Gasteiger partial charge in [-0.25, -0.2) is 0 Å². The van der Waals surface area contributed by atoms with Crippen LogP contribution in [0.3, 0.4) is 0 Å². The van der Waals surface area contributed by atoms with Gasteiger partial charge in [0.05, 0.1) is 12.2 Å². The predicted molar refractivity (Wildman–Crippen MR) is 39.5 cm³/mol. The summed E-state index contributed by atoms with van der Waals surface area (Å²) in [5, 5.41) is 11.3. The van der Waals surface area contributed by atoms with E-state index in [1.54, 1.807) is 6.92 Å². The second kappa shape index (κ2) is 5.21. The third kappa shape index (κ3) is 4.30. The van der Waals surface area contributed by atoms with Gasteiger partial charge in [-0.15, -0.1) is 0 Å². The minimum absolute atomic E-state index is 0.111. The molecule has 0 radical (unpaired) electrons. The van der Waals surface area contributed by atoms with Crippen LogP contribution in [-0.2, 0) is 4.74 Å². The highest BCUT2D eigenvalue weighted by atomic mass is 16.5. The molecule has 2 unspecified atom stereocenters. The highest BCUT2D eigenvalue weighted by Crippen LogP contribution is 1.94. The molecule has 3 nitrogen and oxygen atoms in total. The fourth-order valence-corrected chi connectivity index (χ4v) is 0.714.